The molecule has 0 spiro atoms. The molecule has 0 aliphatic carbocycles. The maximum atomic E-state index is 4.65. The first-order valence-corrected chi connectivity index (χ1v) is 8.22. The summed E-state index contributed by atoms with van der Waals surface area (Å²) in [6.07, 6.45) is 5.10. The first-order chi connectivity index (χ1) is 9.65. The first-order valence-electron chi connectivity index (χ1n) is 7.00. The zero-order valence-corrected chi connectivity index (χ0v) is 13.4. The maximum absolute atomic E-state index is 4.65. The van der Waals surface area contributed by atoms with Gasteiger partial charge in [-0.05, 0) is 44.8 Å². The molecule has 0 fully saturated rings. The van der Waals surface area contributed by atoms with Crippen molar-refractivity contribution in [2.75, 3.05) is 13.3 Å². The fraction of sp³-hybridized carbons (Fsp3) is 0.438. The highest BCUT2D eigenvalue weighted by atomic mass is 32.2. The Kier molecular flexibility index (Phi) is 5.26. The number of rotatable bonds is 6. The van der Waals surface area contributed by atoms with Crippen LogP contribution in [0.2, 0.25) is 0 Å². The molecule has 0 radical (unpaired) electrons. The Morgan fingerprint density at radius 3 is 2.60 bits per heavy atom. The summed E-state index contributed by atoms with van der Waals surface area (Å²) in [6, 6.07) is 11.4. The maximum Gasteiger partial charge on any atom is 0.0643 e. The first kappa shape index (κ1) is 15.1. The van der Waals surface area contributed by atoms with Crippen molar-refractivity contribution in [3.8, 4) is 0 Å². The highest BCUT2D eigenvalue weighted by molar-refractivity contribution is 7.98. The molecule has 0 saturated carbocycles. The van der Waals surface area contributed by atoms with Gasteiger partial charge in [0.15, 0.2) is 0 Å². The van der Waals surface area contributed by atoms with Crippen LogP contribution >= 0.6 is 11.8 Å². The van der Waals surface area contributed by atoms with Gasteiger partial charge in [-0.3, -0.25) is 4.68 Å². The monoisotopic (exact) mass is 289 g/mol. The Bertz CT molecular complexity index is 548. The molecule has 1 aromatic carbocycles. The zero-order valence-electron chi connectivity index (χ0n) is 12.6. The van der Waals surface area contributed by atoms with Crippen LogP contribution in [-0.2, 0) is 6.42 Å². The van der Waals surface area contributed by atoms with Crippen molar-refractivity contribution in [1.29, 1.82) is 0 Å². The number of thioether (sulfide) groups is 1. The molecular weight excluding hydrogens is 266 g/mol. The highest BCUT2D eigenvalue weighted by Gasteiger charge is 2.15. The molecule has 1 atom stereocenters. The number of hydrogen-bond donors (Lipinski definition) is 1. The second kappa shape index (κ2) is 6.95. The van der Waals surface area contributed by atoms with E-state index in [-0.39, 0.29) is 0 Å². The molecule has 1 N–H and O–H groups in total. The number of aromatic nitrogens is 2. The van der Waals surface area contributed by atoms with Crippen LogP contribution in [-0.4, -0.2) is 23.1 Å². The summed E-state index contributed by atoms with van der Waals surface area (Å²) < 4.78 is 2.02. The van der Waals surface area contributed by atoms with E-state index in [2.05, 4.69) is 67.0 Å². The van der Waals surface area contributed by atoms with Crippen molar-refractivity contribution in [2.45, 2.75) is 37.2 Å². The largest absolute Gasteiger partial charge is 0.313 e. The molecule has 20 heavy (non-hydrogen) atoms. The number of benzene rings is 1. The highest BCUT2D eigenvalue weighted by Crippen LogP contribution is 2.27. The summed E-state index contributed by atoms with van der Waals surface area (Å²) in [5.41, 5.74) is 2.48. The van der Waals surface area contributed by atoms with E-state index in [0.717, 1.165) is 12.1 Å². The fourth-order valence-corrected chi connectivity index (χ4v) is 2.97. The molecule has 3 nitrogen and oxygen atoms in total. The van der Waals surface area contributed by atoms with Gasteiger partial charge in [0.1, 0.15) is 0 Å². The van der Waals surface area contributed by atoms with Crippen LogP contribution in [0.5, 0.6) is 0 Å². The van der Waals surface area contributed by atoms with Crippen LogP contribution in [0.1, 0.15) is 37.2 Å². The van der Waals surface area contributed by atoms with Crippen LogP contribution in [0.3, 0.4) is 0 Å². The van der Waals surface area contributed by atoms with Crippen molar-refractivity contribution < 1.29 is 0 Å². The third-order valence-electron chi connectivity index (χ3n) is 3.47. The molecule has 1 unspecified atom stereocenters. The lowest BCUT2D eigenvalue weighted by molar-refractivity contribution is 0.513. The van der Waals surface area contributed by atoms with Crippen LogP contribution in [0.15, 0.2) is 41.4 Å². The Labute approximate surface area is 125 Å². The van der Waals surface area contributed by atoms with E-state index in [9.17, 15) is 0 Å². The van der Waals surface area contributed by atoms with E-state index in [1.54, 1.807) is 11.8 Å². The second-order valence-corrected chi connectivity index (χ2v) is 6.02. The van der Waals surface area contributed by atoms with E-state index in [0.29, 0.717) is 12.1 Å². The molecule has 1 heterocycles. The summed E-state index contributed by atoms with van der Waals surface area (Å²) in [4.78, 5) is 1.33. The van der Waals surface area contributed by atoms with E-state index in [4.69, 9.17) is 0 Å². The molecule has 0 aliphatic rings. The number of hydrogen-bond acceptors (Lipinski definition) is 3. The fourth-order valence-electron chi connectivity index (χ4n) is 2.30. The minimum Gasteiger partial charge on any atom is -0.313 e. The van der Waals surface area contributed by atoms with Crippen molar-refractivity contribution in [3.05, 3.63) is 47.8 Å². The molecule has 108 valence electrons. The molecule has 0 saturated heterocycles. The lowest BCUT2D eigenvalue weighted by Gasteiger charge is -2.18. The van der Waals surface area contributed by atoms with E-state index < -0.39 is 0 Å². The molecule has 4 heteroatoms. The van der Waals surface area contributed by atoms with Gasteiger partial charge in [0, 0.05) is 29.6 Å². The van der Waals surface area contributed by atoms with Crippen molar-refractivity contribution in [3.63, 3.8) is 0 Å². The smallest absolute Gasteiger partial charge is 0.0643 e. The zero-order chi connectivity index (χ0) is 14.5. The molecule has 2 aromatic rings. The minimum absolute atomic E-state index is 0.300. The van der Waals surface area contributed by atoms with Crippen LogP contribution < -0.4 is 5.32 Å². The number of nitrogens with one attached hydrogen (secondary N) is 1. The quantitative estimate of drug-likeness (QED) is 0.823. The van der Waals surface area contributed by atoms with Gasteiger partial charge in [-0.25, -0.2) is 0 Å². The van der Waals surface area contributed by atoms with Gasteiger partial charge >= 0.3 is 0 Å². The van der Waals surface area contributed by atoms with Gasteiger partial charge in [-0.15, -0.1) is 11.8 Å². The molecular formula is C16H23N3S. The molecule has 1 aromatic heterocycles. The summed E-state index contributed by atoms with van der Waals surface area (Å²) in [5, 5.41) is 8.07. The minimum atomic E-state index is 0.300. The van der Waals surface area contributed by atoms with Gasteiger partial charge < -0.3 is 5.32 Å². The molecule has 0 bridgehead atoms. The second-order valence-electron chi connectivity index (χ2n) is 5.17. The molecule has 0 aliphatic heterocycles. The van der Waals surface area contributed by atoms with Crippen LogP contribution in [0, 0.1) is 0 Å². The molecule has 0 amide bonds. The van der Waals surface area contributed by atoms with Crippen molar-refractivity contribution >= 4 is 11.8 Å². The summed E-state index contributed by atoms with van der Waals surface area (Å²) >= 11 is 1.79. The third kappa shape index (κ3) is 3.44. The summed E-state index contributed by atoms with van der Waals surface area (Å²) in [5.74, 6) is 0. The standard InChI is InChI=1S/C16H23N3S/c1-12(2)19-10-9-13(18-19)11-15(17-3)14-7-5-6-8-16(14)20-4/h5-10,12,15,17H,11H2,1-4H3. The predicted octanol–water partition coefficient (Wildman–Crippen LogP) is 3.69. The Morgan fingerprint density at radius 1 is 1.25 bits per heavy atom. The van der Waals surface area contributed by atoms with Crippen molar-refractivity contribution in [2.24, 2.45) is 0 Å². The van der Waals surface area contributed by atoms with E-state index >= 15 is 0 Å². The van der Waals surface area contributed by atoms with Crippen molar-refractivity contribution in [1.82, 2.24) is 15.1 Å². The number of likely N-dealkylation sites (N-methyl/N-ethyl adjacent to an activating group) is 1. The Morgan fingerprint density at radius 2 is 2.00 bits per heavy atom. The molecule has 2 rings (SSSR count). The topological polar surface area (TPSA) is 29.9 Å². The summed E-state index contributed by atoms with van der Waals surface area (Å²) in [7, 11) is 2.02. The van der Waals surface area contributed by atoms with Gasteiger partial charge in [0.05, 0.1) is 5.69 Å². The normalized spacial score (nSPS) is 12.8. The third-order valence-corrected chi connectivity index (χ3v) is 4.28. The number of nitrogens with zero attached hydrogens (tertiary/aromatic N) is 2. The average molecular weight is 289 g/mol. The van der Waals surface area contributed by atoms with Gasteiger partial charge in [-0.1, -0.05) is 18.2 Å². The van der Waals surface area contributed by atoms with Gasteiger partial charge in [-0.2, -0.15) is 5.10 Å². The van der Waals surface area contributed by atoms with Gasteiger partial charge in [0.25, 0.3) is 0 Å². The Hall–Kier alpha value is -1.26. The lowest BCUT2D eigenvalue weighted by Crippen LogP contribution is -2.20. The lowest BCUT2D eigenvalue weighted by atomic mass is 10.0. The predicted molar refractivity (Wildman–Crippen MR) is 86.3 cm³/mol. The average Bonchev–Trinajstić information content (AvgIpc) is 2.93. The van der Waals surface area contributed by atoms with Crippen LogP contribution in [0.25, 0.3) is 0 Å². The summed E-state index contributed by atoms with van der Waals surface area (Å²) in [6.45, 7) is 4.30. The van der Waals surface area contributed by atoms with E-state index in [1.807, 2.05) is 11.7 Å². The Balaban J connectivity index is 2.19. The SMILES string of the molecule is CNC(Cc1ccn(C(C)C)n1)c1ccccc1SC. The van der Waals surface area contributed by atoms with Crippen LogP contribution in [0.4, 0.5) is 0 Å². The van der Waals surface area contributed by atoms with E-state index in [1.165, 1.54) is 10.5 Å². The van der Waals surface area contributed by atoms with Gasteiger partial charge in [0.2, 0.25) is 0 Å².